The molecular weight excluding hydrogens is 429 g/mol. The van der Waals surface area contributed by atoms with Gasteiger partial charge < -0.3 is 20.1 Å². The molecule has 1 aliphatic heterocycles. The number of rotatable bonds is 5. The average Bonchev–Trinajstić information content (AvgIpc) is 2.96. The van der Waals surface area contributed by atoms with Crippen molar-refractivity contribution in [2.45, 2.75) is 45.6 Å². The minimum absolute atomic E-state index is 0. The number of aliphatic imine (C=N–C) groups is 1. The number of hydrogen-bond acceptors (Lipinski definition) is 3. The highest BCUT2D eigenvalue weighted by atomic mass is 127. The first kappa shape index (κ1) is 22.0. The predicted molar refractivity (Wildman–Crippen MR) is 114 cm³/mol. The zero-order valence-electron chi connectivity index (χ0n) is 15.8. The number of nitrogens with one attached hydrogen (secondary N) is 1. The van der Waals surface area contributed by atoms with Crippen LogP contribution in [0.3, 0.4) is 0 Å². The van der Waals surface area contributed by atoms with E-state index in [1.165, 1.54) is 5.56 Å². The van der Waals surface area contributed by atoms with Gasteiger partial charge in [-0.2, -0.15) is 0 Å². The number of guanidine groups is 1. The second-order valence-corrected chi connectivity index (χ2v) is 7.25. The van der Waals surface area contributed by atoms with Crippen LogP contribution in [0.1, 0.15) is 39.7 Å². The zero-order chi connectivity index (χ0) is 17.6. The van der Waals surface area contributed by atoms with Crippen molar-refractivity contribution in [3.05, 3.63) is 29.8 Å². The summed E-state index contributed by atoms with van der Waals surface area (Å²) in [6.45, 7) is 12.1. The third-order valence-corrected chi connectivity index (χ3v) is 4.14. The molecule has 0 aliphatic carbocycles. The molecule has 25 heavy (non-hydrogen) atoms. The summed E-state index contributed by atoms with van der Waals surface area (Å²) in [5, 5.41) is 12.9. The van der Waals surface area contributed by atoms with Gasteiger partial charge in [-0.15, -0.1) is 24.0 Å². The fourth-order valence-electron chi connectivity index (χ4n) is 2.73. The highest BCUT2D eigenvalue weighted by Crippen LogP contribution is 2.24. The van der Waals surface area contributed by atoms with Crippen molar-refractivity contribution in [3.8, 4) is 5.75 Å². The topological polar surface area (TPSA) is 57.1 Å². The molecule has 6 heteroatoms. The molecule has 0 spiro atoms. The van der Waals surface area contributed by atoms with E-state index in [9.17, 15) is 5.11 Å². The Morgan fingerprint density at radius 3 is 2.52 bits per heavy atom. The monoisotopic (exact) mass is 461 g/mol. The van der Waals surface area contributed by atoms with Gasteiger partial charge in [-0.3, -0.25) is 0 Å². The molecule has 1 aromatic rings. The van der Waals surface area contributed by atoms with Gasteiger partial charge >= 0.3 is 0 Å². The summed E-state index contributed by atoms with van der Waals surface area (Å²) in [4.78, 5) is 6.70. The van der Waals surface area contributed by atoms with Gasteiger partial charge in [0.2, 0.25) is 0 Å². The van der Waals surface area contributed by atoms with E-state index < -0.39 is 0 Å². The van der Waals surface area contributed by atoms with Crippen LogP contribution in [0.2, 0.25) is 0 Å². The minimum atomic E-state index is -0.244. The molecule has 1 aliphatic rings. The maximum atomic E-state index is 9.67. The first-order valence-electron chi connectivity index (χ1n) is 8.85. The van der Waals surface area contributed by atoms with Crippen LogP contribution in [-0.4, -0.2) is 54.9 Å². The summed E-state index contributed by atoms with van der Waals surface area (Å²) in [6, 6.07) is 8.28. The summed E-state index contributed by atoms with van der Waals surface area (Å²) < 4.78 is 5.78. The Labute approximate surface area is 168 Å². The molecule has 2 N–H and O–H groups in total. The van der Waals surface area contributed by atoms with E-state index in [4.69, 9.17) is 4.74 Å². The summed E-state index contributed by atoms with van der Waals surface area (Å²) in [5.41, 5.74) is 1.46. The highest BCUT2D eigenvalue weighted by Gasteiger charge is 2.22. The zero-order valence-corrected chi connectivity index (χ0v) is 18.1. The molecule has 1 heterocycles. The van der Waals surface area contributed by atoms with Gasteiger partial charge in [0.1, 0.15) is 12.4 Å². The Bertz CT molecular complexity index is 541. The Balaban J connectivity index is 0.00000312. The first-order chi connectivity index (χ1) is 11.4. The normalized spacial score (nSPS) is 18.0. The van der Waals surface area contributed by atoms with E-state index in [1.54, 1.807) is 0 Å². The molecule has 0 saturated carbocycles. The van der Waals surface area contributed by atoms with Crippen LogP contribution in [0.5, 0.6) is 5.75 Å². The molecule has 0 aromatic heterocycles. The van der Waals surface area contributed by atoms with E-state index in [0.29, 0.717) is 19.7 Å². The van der Waals surface area contributed by atoms with Crippen LogP contribution in [0.4, 0.5) is 0 Å². The number of hydrogen-bond donors (Lipinski definition) is 2. The summed E-state index contributed by atoms with van der Waals surface area (Å²) in [5.74, 6) is 1.74. The van der Waals surface area contributed by atoms with Crippen molar-refractivity contribution in [3.63, 3.8) is 0 Å². The fourth-order valence-corrected chi connectivity index (χ4v) is 2.73. The van der Waals surface area contributed by atoms with Crippen LogP contribution >= 0.6 is 24.0 Å². The maximum Gasteiger partial charge on any atom is 0.194 e. The van der Waals surface area contributed by atoms with Gasteiger partial charge in [-0.1, -0.05) is 32.9 Å². The van der Waals surface area contributed by atoms with E-state index in [1.807, 2.05) is 12.1 Å². The molecule has 0 amide bonds. The van der Waals surface area contributed by atoms with Crippen LogP contribution in [0.25, 0.3) is 0 Å². The summed E-state index contributed by atoms with van der Waals surface area (Å²) >= 11 is 0. The summed E-state index contributed by atoms with van der Waals surface area (Å²) in [7, 11) is 0. The summed E-state index contributed by atoms with van der Waals surface area (Å²) in [6.07, 6.45) is 0.563. The quantitative estimate of drug-likeness (QED) is 0.307. The van der Waals surface area contributed by atoms with Crippen LogP contribution in [0, 0.1) is 0 Å². The standard InChI is InChI=1S/C19H31N3O2.HI/c1-5-20-18(22-12-10-16(23)14-22)21-11-13-24-17-8-6-15(7-9-17)19(2,3)4;/h6-9,16,23H,5,10-14H2,1-4H3,(H,20,21);1H/t16-;/m1./s1. The second-order valence-electron chi connectivity index (χ2n) is 7.25. The third-order valence-electron chi connectivity index (χ3n) is 4.14. The molecule has 0 bridgehead atoms. The number of aliphatic hydroxyl groups excluding tert-OH is 1. The molecule has 1 fully saturated rings. The van der Waals surface area contributed by atoms with Crippen LogP contribution in [-0.2, 0) is 5.41 Å². The van der Waals surface area contributed by atoms with Crippen molar-refractivity contribution in [2.24, 2.45) is 4.99 Å². The molecule has 2 rings (SSSR count). The number of benzene rings is 1. The van der Waals surface area contributed by atoms with Gasteiger partial charge in [0.25, 0.3) is 0 Å². The molecule has 142 valence electrons. The smallest absolute Gasteiger partial charge is 0.194 e. The van der Waals surface area contributed by atoms with E-state index >= 15 is 0 Å². The van der Waals surface area contributed by atoms with E-state index in [0.717, 1.165) is 31.2 Å². The molecule has 5 nitrogen and oxygen atoms in total. The lowest BCUT2D eigenvalue weighted by atomic mass is 9.87. The van der Waals surface area contributed by atoms with E-state index in [2.05, 4.69) is 55.0 Å². The molecule has 0 unspecified atom stereocenters. The number of nitrogens with zero attached hydrogens (tertiary/aromatic N) is 2. The van der Waals surface area contributed by atoms with Crippen LogP contribution in [0.15, 0.2) is 29.3 Å². The largest absolute Gasteiger partial charge is 0.492 e. The number of halogens is 1. The van der Waals surface area contributed by atoms with Gasteiger partial charge in [0.05, 0.1) is 12.6 Å². The lowest BCUT2D eigenvalue weighted by Gasteiger charge is -2.21. The Morgan fingerprint density at radius 1 is 1.32 bits per heavy atom. The molecular formula is C19H32IN3O2. The number of likely N-dealkylation sites (tertiary alicyclic amines) is 1. The Kier molecular flexibility index (Phi) is 8.99. The first-order valence-corrected chi connectivity index (χ1v) is 8.85. The molecule has 1 atom stereocenters. The lowest BCUT2D eigenvalue weighted by molar-refractivity contribution is 0.187. The van der Waals surface area contributed by atoms with Crippen molar-refractivity contribution in [1.82, 2.24) is 10.2 Å². The third kappa shape index (κ3) is 7.01. The van der Waals surface area contributed by atoms with Gasteiger partial charge in [0.15, 0.2) is 5.96 Å². The van der Waals surface area contributed by atoms with E-state index in [-0.39, 0.29) is 35.5 Å². The van der Waals surface area contributed by atoms with Gasteiger partial charge in [-0.05, 0) is 36.5 Å². The van der Waals surface area contributed by atoms with Crippen molar-refractivity contribution >= 4 is 29.9 Å². The van der Waals surface area contributed by atoms with Crippen molar-refractivity contribution < 1.29 is 9.84 Å². The van der Waals surface area contributed by atoms with Gasteiger partial charge in [-0.25, -0.2) is 4.99 Å². The molecule has 0 radical (unpaired) electrons. The Hall–Kier alpha value is -1.02. The second kappa shape index (κ2) is 10.2. The molecule has 1 saturated heterocycles. The van der Waals surface area contributed by atoms with Gasteiger partial charge in [0, 0.05) is 19.6 Å². The number of β-amino-alcohol motifs (C(OH)–C–C–N with tert-alkyl or cyclic N) is 1. The average molecular weight is 461 g/mol. The van der Waals surface area contributed by atoms with Crippen molar-refractivity contribution in [1.29, 1.82) is 0 Å². The predicted octanol–water partition coefficient (Wildman–Crippen LogP) is 3.01. The molecule has 1 aromatic carbocycles. The minimum Gasteiger partial charge on any atom is -0.492 e. The number of ether oxygens (including phenoxy) is 1. The fraction of sp³-hybridized carbons (Fsp3) is 0.632. The van der Waals surface area contributed by atoms with Crippen molar-refractivity contribution in [2.75, 3.05) is 32.8 Å². The maximum absolute atomic E-state index is 9.67. The highest BCUT2D eigenvalue weighted by molar-refractivity contribution is 14.0. The Morgan fingerprint density at radius 2 is 2.00 bits per heavy atom. The lowest BCUT2D eigenvalue weighted by Crippen LogP contribution is -2.40. The number of aliphatic hydroxyl groups is 1. The van der Waals surface area contributed by atoms with Crippen LogP contribution < -0.4 is 10.1 Å². The SMILES string of the molecule is CCNC(=NCCOc1ccc(C(C)(C)C)cc1)N1CC[C@@H](O)C1.I.